The summed E-state index contributed by atoms with van der Waals surface area (Å²) in [4.78, 5) is 22.3. The third-order valence-corrected chi connectivity index (χ3v) is 2.07. The lowest BCUT2D eigenvalue weighted by Crippen LogP contribution is -2.18. The van der Waals surface area contributed by atoms with Crippen molar-refractivity contribution in [3.8, 4) is 0 Å². The molecule has 0 bridgehead atoms. The van der Waals surface area contributed by atoms with Gasteiger partial charge in [0.05, 0.1) is 25.0 Å². The fourth-order valence-electron chi connectivity index (χ4n) is 1.24. The molecule has 1 aromatic carbocycles. The van der Waals surface area contributed by atoms with Gasteiger partial charge >= 0.3 is 12.1 Å². The SMILES string of the molecule is CCOC(=O)NN=Cc1ccc(C(=O)OCC)cc1. The number of hydrogen-bond acceptors (Lipinski definition) is 5. The van der Waals surface area contributed by atoms with Crippen LogP contribution in [-0.2, 0) is 9.47 Å². The van der Waals surface area contributed by atoms with Gasteiger partial charge in [-0.3, -0.25) is 0 Å². The highest BCUT2D eigenvalue weighted by Crippen LogP contribution is 2.04. The number of esters is 1. The molecule has 1 N–H and O–H groups in total. The first-order chi connectivity index (χ1) is 9.17. The standard InChI is InChI=1S/C13H16N2O4/c1-3-18-12(16)11-7-5-10(6-8-11)9-14-15-13(17)19-4-2/h5-9H,3-4H2,1-2H3,(H,15,17). The van der Waals surface area contributed by atoms with Crippen molar-refractivity contribution < 1.29 is 19.1 Å². The first-order valence-electron chi connectivity index (χ1n) is 5.90. The number of hydrazone groups is 1. The lowest BCUT2D eigenvalue weighted by molar-refractivity contribution is 0.0526. The average molecular weight is 264 g/mol. The molecule has 0 aliphatic heterocycles. The van der Waals surface area contributed by atoms with Crippen LogP contribution in [-0.4, -0.2) is 31.5 Å². The molecule has 0 saturated heterocycles. The molecule has 102 valence electrons. The minimum atomic E-state index is -0.609. The van der Waals surface area contributed by atoms with E-state index in [0.29, 0.717) is 12.2 Å². The summed E-state index contributed by atoms with van der Waals surface area (Å²) >= 11 is 0. The lowest BCUT2D eigenvalue weighted by atomic mass is 10.1. The number of hydrogen-bond donors (Lipinski definition) is 1. The first kappa shape index (κ1) is 14.7. The molecule has 0 fully saturated rings. The second kappa shape index (κ2) is 7.86. The molecule has 0 radical (unpaired) electrons. The maximum Gasteiger partial charge on any atom is 0.427 e. The van der Waals surface area contributed by atoms with Gasteiger partial charge in [0.1, 0.15) is 0 Å². The van der Waals surface area contributed by atoms with E-state index in [-0.39, 0.29) is 12.6 Å². The highest BCUT2D eigenvalue weighted by atomic mass is 16.5. The second-order valence-corrected chi connectivity index (χ2v) is 3.43. The summed E-state index contributed by atoms with van der Waals surface area (Å²) in [6, 6.07) is 6.65. The van der Waals surface area contributed by atoms with Gasteiger partial charge in [-0.25, -0.2) is 15.0 Å². The van der Waals surface area contributed by atoms with Crippen LogP contribution < -0.4 is 5.43 Å². The number of amides is 1. The highest BCUT2D eigenvalue weighted by Gasteiger charge is 2.04. The van der Waals surface area contributed by atoms with Crippen molar-refractivity contribution in [2.45, 2.75) is 13.8 Å². The maximum absolute atomic E-state index is 11.4. The number of benzene rings is 1. The fourth-order valence-corrected chi connectivity index (χ4v) is 1.24. The van der Waals surface area contributed by atoms with Gasteiger partial charge in [0.15, 0.2) is 0 Å². The molecule has 1 rings (SSSR count). The van der Waals surface area contributed by atoms with Gasteiger partial charge in [0, 0.05) is 0 Å². The summed E-state index contributed by atoms with van der Waals surface area (Å²) in [7, 11) is 0. The largest absolute Gasteiger partial charge is 0.462 e. The van der Waals surface area contributed by atoms with Gasteiger partial charge in [0.25, 0.3) is 0 Å². The molecule has 0 unspecified atom stereocenters. The number of carbonyl (C=O) groups is 2. The lowest BCUT2D eigenvalue weighted by Gasteiger charge is -2.01. The monoisotopic (exact) mass is 264 g/mol. The Labute approximate surface area is 111 Å². The minimum Gasteiger partial charge on any atom is -0.462 e. The van der Waals surface area contributed by atoms with Crippen molar-refractivity contribution in [2.75, 3.05) is 13.2 Å². The van der Waals surface area contributed by atoms with Crippen molar-refractivity contribution in [3.63, 3.8) is 0 Å². The van der Waals surface area contributed by atoms with Gasteiger partial charge in [-0.1, -0.05) is 12.1 Å². The normalized spacial score (nSPS) is 10.2. The van der Waals surface area contributed by atoms with Crippen molar-refractivity contribution in [3.05, 3.63) is 35.4 Å². The van der Waals surface area contributed by atoms with Crippen molar-refractivity contribution in [1.29, 1.82) is 0 Å². The predicted octanol–water partition coefficient (Wildman–Crippen LogP) is 1.94. The van der Waals surface area contributed by atoms with Crippen molar-refractivity contribution >= 4 is 18.3 Å². The molecule has 6 heteroatoms. The molecular weight excluding hydrogens is 248 g/mol. The number of carbonyl (C=O) groups excluding carboxylic acids is 2. The Balaban J connectivity index is 2.54. The van der Waals surface area contributed by atoms with Crippen LogP contribution >= 0.6 is 0 Å². The zero-order valence-electron chi connectivity index (χ0n) is 10.9. The number of nitrogens with one attached hydrogen (secondary N) is 1. The Hall–Kier alpha value is -2.37. The summed E-state index contributed by atoms with van der Waals surface area (Å²) in [5.74, 6) is -0.365. The van der Waals surface area contributed by atoms with E-state index >= 15 is 0 Å². The van der Waals surface area contributed by atoms with Crippen LogP contribution in [0.15, 0.2) is 29.4 Å². The van der Waals surface area contributed by atoms with Crippen LogP contribution in [0.25, 0.3) is 0 Å². The Kier molecular flexibility index (Phi) is 6.08. The molecule has 1 amide bonds. The topological polar surface area (TPSA) is 77.0 Å². The molecule has 19 heavy (non-hydrogen) atoms. The summed E-state index contributed by atoms with van der Waals surface area (Å²) in [5.41, 5.74) is 3.42. The highest BCUT2D eigenvalue weighted by molar-refractivity contribution is 5.90. The molecule has 0 heterocycles. The molecule has 0 aromatic heterocycles. The summed E-state index contributed by atoms with van der Waals surface area (Å²) in [6.45, 7) is 4.08. The van der Waals surface area contributed by atoms with E-state index in [1.165, 1.54) is 6.21 Å². The zero-order chi connectivity index (χ0) is 14.1. The Bertz CT molecular complexity index is 454. The summed E-state index contributed by atoms with van der Waals surface area (Å²) in [5, 5.41) is 3.71. The van der Waals surface area contributed by atoms with Gasteiger partial charge in [-0.15, -0.1) is 0 Å². The van der Waals surface area contributed by atoms with Crippen LogP contribution in [0.3, 0.4) is 0 Å². The van der Waals surface area contributed by atoms with Crippen molar-refractivity contribution in [1.82, 2.24) is 5.43 Å². The summed E-state index contributed by atoms with van der Waals surface area (Å²) < 4.78 is 9.49. The van der Waals surface area contributed by atoms with E-state index < -0.39 is 6.09 Å². The molecule has 0 spiro atoms. The van der Waals surface area contributed by atoms with Crippen LogP contribution in [0.2, 0.25) is 0 Å². The number of nitrogens with zero attached hydrogens (tertiary/aromatic N) is 1. The Morgan fingerprint density at radius 2 is 1.79 bits per heavy atom. The van der Waals surface area contributed by atoms with E-state index in [1.54, 1.807) is 38.1 Å². The molecule has 0 aliphatic carbocycles. The van der Waals surface area contributed by atoms with E-state index in [1.807, 2.05) is 0 Å². The zero-order valence-corrected chi connectivity index (χ0v) is 10.9. The molecule has 0 saturated carbocycles. The quantitative estimate of drug-likeness (QED) is 0.501. The van der Waals surface area contributed by atoms with Gasteiger partial charge in [-0.2, -0.15) is 5.10 Å². The van der Waals surface area contributed by atoms with E-state index in [2.05, 4.69) is 15.3 Å². The number of ether oxygens (including phenoxy) is 2. The van der Waals surface area contributed by atoms with Gasteiger partial charge in [0.2, 0.25) is 0 Å². The molecule has 6 nitrogen and oxygen atoms in total. The van der Waals surface area contributed by atoms with E-state index in [9.17, 15) is 9.59 Å². The van der Waals surface area contributed by atoms with Crippen LogP contribution in [0.4, 0.5) is 4.79 Å². The molecule has 0 atom stereocenters. The second-order valence-electron chi connectivity index (χ2n) is 3.43. The average Bonchev–Trinajstić information content (AvgIpc) is 2.40. The molecular formula is C13H16N2O4. The van der Waals surface area contributed by atoms with E-state index in [4.69, 9.17) is 4.74 Å². The van der Waals surface area contributed by atoms with Crippen molar-refractivity contribution in [2.24, 2.45) is 5.10 Å². The smallest absolute Gasteiger partial charge is 0.427 e. The first-order valence-corrected chi connectivity index (χ1v) is 5.90. The van der Waals surface area contributed by atoms with Gasteiger partial charge < -0.3 is 9.47 Å². The van der Waals surface area contributed by atoms with E-state index in [0.717, 1.165) is 5.56 Å². The number of rotatable bonds is 5. The predicted molar refractivity (Wildman–Crippen MR) is 70.2 cm³/mol. The molecule has 1 aromatic rings. The summed E-state index contributed by atoms with van der Waals surface area (Å²) in [6.07, 6.45) is 0.841. The maximum atomic E-state index is 11.4. The Morgan fingerprint density at radius 3 is 2.37 bits per heavy atom. The fraction of sp³-hybridized carbons (Fsp3) is 0.308. The third kappa shape index (κ3) is 5.20. The molecule has 0 aliphatic rings. The third-order valence-electron chi connectivity index (χ3n) is 2.07. The van der Waals surface area contributed by atoms with Crippen LogP contribution in [0, 0.1) is 0 Å². The van der Waals surface area contributed by atoms with Crippen LogP contribution in [0.1, 0.15) is 29.8 Å². The minimum absolute atomic E-state index is 0.287. The van der Waals surface area contributed by atoms with Gasteiger partial charge in [-0.05, 0) is 31.5 Å². The Morgan fingerprint density at radius 1 is 1.16 bits per heavy atom. The van der Waals surface area contributed by atoms with Crippen LogP contribution in [0.5, 0.6) is 0 Å².